The van der Waals surface area contributed by atoms with E-state index < -0.39 is 0 Å². The minimum Gasteiger partial charge on any atom is -0.371 e. The first-order valence-corrected chi connectivity index (χ1v) is 8.04. The van der Waals surface area contributed by atoms with Gasteiger partial charge in [0.25, 0.3) is 0 Å². The van der Waals surface area contributed by atoms with Gasteiger partial charge in [-0.15, -0.1) is 0 Å². The van der Waals surface area contributed by atoms with Gasteiger partial charge in [-0.1, -0.05) is 12.2 Å². The molecule has 1 aliphatic heterocycles. The second kappa shape index (κ2) is 6.33. The number of anilines is 2. The number of carbonyl (C=O) groups excluding carboxylic acids is 1. The van der Waals surface area contributed by atoms with Crippen molar-refractivity contribution in [2.24, 2.45) is 5.92 Å². The number of allylic oxidation sites excluding steroid dienone is 2. The largest absolute Gasteiger partial charge is 0.371 e. The Morgan fingerprint density at radius 3 is 2.81 bits per heavy atom. The molecule has 21 heavy (non-hydrogen) atoms. The monoisotopic (exact) mass is 284 g/mol. The molecular formula is C18H24N2O. The van der Waals surface area contributed by atoms with E-state index in [2.05, 4.69) is 41.4 Å². The summed E-state index contributed by atoms with van der Waals surface area (Å²) in [4.78, 5) is 14.5. The van der Waals surface area contributed by atoms with Gasteiger partial charge in [0.1, 0.15) is 0 Å². The van der Waals surface area contributed by atoms with Crippen LogP contribution in [0.2, 0.25) is 0 Å². The third-order valence-corrected chi connectivity index (χ3v) is 4.49. The Labute approximate surface area is 127 Å². The molecule has 1 unspecified atom stereocenters. The lowest BCUT2D eigenvalue weighted by Crippen LogP contribution is -2.19. The van der Waals surface area contributed by atoms with E-state index in [1.54, 1.807) is 0 Å². The molecule has 1 atom stereocenters. The fourth-order valence-corrected chi connectivity index (χ4v) is 3.36. The number of aryl methyl sites for hydroxylation is 1. The van der Waals surface area contributed by atoms with Gasteiger partial charge in [0.2, 0.25) is 5.91 Å². The van der Waals surface area contributed by atoms with E-state index in [1.165, 1.54) is 24.1 Å². The third kappa shape index (κ3) is 3.46. The minimum absolute atomic E-state index is 0.125. The van der Waals surface area contributed by atoms with E-state index >= 15 is 0 Å². The number of hydrogen-bond donors (Lipinski definition) is 1. The first kappa shape index (κ1) is 14.2. The summed E-state index contributed by atoms with van der Waals surface area (Å²) in [5.74, 6) is 0.551. The number of hydrogen-bond acceptors (Lipinski definition) is 2. The summed E-state index contributed by atoms with van der Waals surface area (Å²) in [7, 11) is 0. The predicted molar refractivity (Wildman–Crippen MR) is 87.7 cm³/mol. The number of nitrogens with one attached hydrogen (secondary N) is 1. The van der Waals surface area contributed by atoms with Crippen LogP contribution >= 0.6 is 0 Å². The molecule has 1 aliphatic carbocycles. The maximum Gasteiger partial charge on any atom is 0.224 e. The first-order chi connectivity index (χ1) is 10.2. The average molecular weight is 284 g/mol. The zero-order chi connectivity index (χ0) is 14.7. The van der Waals surface area contributed by atoms with Crippen molar-refractivity contribution in [2.45, 2.75) is 39.0 Å². The van der Waals surface area contributed by atoms with E-state index in [-0.39, 0.29) is 5.91 Å². The second-order valence-electron chi connectivity index (χ2n) is 6.21. The molecular weight excluding hydrogens is 260 g/mol. The normalized spacial score (nSPS) is 21.0. The van der Waals surface area contributed by atoms with Gasteiger partial charge in [-0.05, 0) is 62.3 Å². The highest BCUT2D eigenvalue weighted by Crippen LogP contribution is 2.27. The zero-order valence-corrected chi connectivity index (χ0v) is 12.8. The molecule has 112 valence electrons. The molecule has 0 radical (unpaired) electrons. The second-order valence-corrected chi connectivity index (χ2v) is 6.21. The lowest BCUT2D eigenvalue weighted by molar-refractivity contribution is -0.116. The number of benzene rings is 1. The molecule has 1 saturated heterocycles. The lowest BCUT2D eigenvalue weighted by atomic mass is 10.0. The number of rotatable bonds is 4. The summed E-state index contributed by atoms with van der Waals surface area (Å²) in [5.41, 5.74) is 3.47. The molecule has 3 rings (SSSR count). The Hall–Kier alpha value is -1.77. The Morgan fingerprint density at radius 1 is 1.33 bits per heavy atom. The van der Waals surface area contributed by atoms with Crippen LogP contribution in [0.5, 0.6) is 0 Å². The third-order valence-electron chi connectivity index (χ3n) is 4.49. The topological polar surface area (TPSA) is 32.3 Å². The molecule has 1 amide bonds. The van der Waals surface area contributed by atoms with Gasteiger partial charge >= 0.3 is 0 Å². The minimum atomic E-state index is 0.125. The summed E-state index contributed by atoms with van der Waals surface area (Å²) < 4.78 is 0. The van der Waals surface area contributed by atoms with E-state index in [0.29, 0.717) is 12.3 Å². The summed E-state index contributed by atoms with van der Waals surface area (Å²) in [6.45, 7) is 4.43. The molecule has 1 aromatic carbocycles. The molecule has 1 N–H and O–H groups in total. The Kier molecular flexibility index (Phi) is 4.28. The smallest absolute Gasteiger partial charge is 0.224 e. The summed E-state index contributed by atoms with van der Waals surface area (Å²) in [5, 5.41) is 3.04. The SMILES string of the molecule is Cc1cc(NC(=O)CC2C=CCC2)ccc1N1CCCC1. The van der Waals surface area contributed by atoms with Crippen LogP contribution in [0.15, 0.2) is 30.4 Å². The molecule has 3 nitrogen and oxygen atoms in total. The highest BCUT2D eigenvalue weighted by molar-refractivity contribution is 5.91. The highest BCUT2D eigenvalue weighted by Gasteiger charge is 2.16. The molecule has 2 aliphatic rings. The van der Waals surface area contributed by atoms with E-state index in [1.807, 2.05) is 6.07 Å². The predicted octanol–water partition coefficient (Wildman–Crippen LogP) is 3.89. The molecule has 0 aromatic heterocycles. The van der Waals surface area contributed by atoms with Crippen LogP contribution in [-0.4, -0.2) is 19.0 Å². The van der Waals surface area contributed by atoms with Crippen LogP contribution in [0, 0.1) is 12.8 Å². The number of carbonyl (C=O) groups is 1. The Balaban J connectivity index is 1.61. The molecule has 0 spiro atoms. The van der Waals surface area contributed by atoms with Gasteiger partial charge in [0.15, 0.2) is 0 Å². The summed E-state index contributed by atoms with van der Waals surface area (Å²) >= 11 is 0. The van der Waals surface area contributed by atoms with Gasteiger partial charge in [0, 0.05) is 30.9 Å². The van der Waals surface area contributed by atoms with Gasteiger partial charge in [-0.3, -0.25) is 4.79 Å². The lowest BCUT2D eigenvalue weighted by Gasteiger charge is -2.20. The van der Waals surface area contributed by atoms with Crippen LogP contribution in [0.25, 0.3) is 0 Å². The Bertz CT molecular complexity index is 544. The van der Waals surface area contributed by atoms with Crippen LogP contribution in [0.3, 0.4) is 0 Å². The van der Waals surface area contributed by atoms with Crippen LogP contribution in [0.4, 0.5) is 11.4 Å². The van der Waals surface area contributed by atoms with Gasteiger partial charge in [-0.25, -0.2) is 0 Å². The molecule has 1 fully saturated rings. The maximum atomic E-state index is 12.1. The van der Waals surface area contributed by atoms with Crippen molar-refractivity contribution in [2.75, 3.05) is 23.3 Å². The van der Waals surface area contributed by atoms with Crippen LogP contribution in [-0.2, 0) is 4.79 Å². The fraction of sp³-hybridized carbons (Fsp3) is 0.500. The average Bonchev–Trinajstić information content (AvgIpc) is 3.11. The molecule has 0 bridgehead atoms. The van der Waals surface area contributed by atoms with Crippen molar-refractivity contribution in [1.82, 2.24) is 0 Å². The standard InChI is InChI=1S/C18H24N2O/c1-14-12-16(8-9-17(14)20-10-4-5-11-20)19-18(21)13-15-6-2-3-7-15/h2,6,8-9,12,15H,3-5,7,10-11,13H2,1H3,(H,19,21). The quantitative estimate of drug-likeness (QED) is 0.851. The van der Waals surface area contributed by atoms with Crippen molar-refractivity contribution in [3.63, 3.8) is 0 Å². The highest BCUT2D eigenvalue weighted by atomic mass is 16.1. The fourth-order valence-electron chi connectivity index (χ4n) is 3.36. The van der Waals surface area contributed by atoms with Crippen molar-refractivity contribution in [3.8, 4) is 0 Å². The van der Waals surface area contributed by atoms with Gasteiger partial charge in [0.05, 0.1) is 0 Å². The first-order valence-electron chi connectivity index (χ1n) is 8.04. The van der Waals surface area contributed by atoms with Crippen LogP contribution < -0.4 is 10.2 Å². The molecule has 1 heterocycles. The Morgan fingerprint density at radius 2 is 2.14 bits per heavy atom. The van der Waals surface area contributed by atoms with Crippen molar-refractivity contribution in [3.05, 3.63) is 35.9 Å². The van der Waals surface area contributed by atoms with Crippen molar-refractivity contribution >= 4 is 17.3 Å². The van der Waals surface area contributed by atoms with E-state index in [4.69, 9.17) is 0 Å². The summed E-state index contributed by atoms with van der Waals surface area (Å²) in [6.07, 6.45) is 9.74. The van der Waals surface area contributed by atoms with Crippen molar-refractivity contribution in [1.29, 1.82) is 0 Å². The number of nitrogens with zero attached hydrogens (tertiary/aromatic N) is 1. The van der Waals surface area contributed by atoms with Crippen molar-refractivity contribution < 1.29 is 4.79 Å². The van der Waals surface area contributed by atoms with Gasteiger partial charge < -0.3 is 10.2 Å². The van der Waals surface area contributed by atoms with Crippen LogP contribution in [0.1, 0.15) is 37.7 Å². The molecule has 1 aromatic rings. The van der Waals surface area contributed by atoms with Gasteiger partial charge in [-0.2, -0.15) is 0 Å². The zero-order valence-electron chi connectivity index (χ0n) is 12.8. The summed E-state index contributed by atoms with van der Waals surface area (Å²) in [6, 6.07) is 6.27. The van der Waals surface area contributed by atoms with E-state index in [9.17, 15) is 4.79 Å². The van der Waals surface area contributed by atoms with E-state index in [0.717, 1.165) is 31.6 Å². The maximum absolute atomic E-state index is 12.1. The molecule has 0 saturated carbocycles. The molecule has 3 heteroatoms. The number of amides is 1.